The van der Waals surface area contributed by atoms with Crippen LogP contribution in [0.3, 0.4) is 0 Å². The molecule has 1 aromatic heterocycles. The van der Waals surface area contributed by atoms with Gasteiger partial charge in [0.25, 0.3) is 5.88 Å². The number of aromatic nitrogens is 2. The number of benzene rings is 1. The zero-order valence-corrected chi connectivity index (χ0v) is 15.2. The summed E-state index contributed by atoms with van der Waals surface area (Å²) in [4.78, 5) is 25.1. The average molecular weight is 356 g/mol. The Hall–Kier alpha value is -2.83. The predicted octanol–water partition coefficient (Wildman–Crippen LogP) is 1.78. The van der Waals surface area contributed by atoms with Crippen molar-refractivity contribution < 1.29 is 14.3 Å². The maximum atomic E-state index is 12.5. The molecular weight excluding hydrogens is 332 g/mol. The van der Waals surface area contributed by atoms with Crippen molar-refractivity contribution in [3.8, 4) is 11.6 Å². The number of amides is 1. The van der Waals surface area contributed by atoms with E-state index in [0.29, 0.717) is 25.4 Å². The van der Waals surface area contributed by atoms with Gasteiger partial charge in [0, 0.05) is 45.0 Å². The molecule has 138 valence electrons. The molecule has 0 saturated carbocycles. The van der Waals surface area contributed by atoms with Gasteiger partial charge in [-0.25, -0.2) is 9.97 Å². The van der Waals surface area contributed by atoms with Crippen LogP contribution in [-0.4, -0.2) is 61.2 Å². The number of aryl methyl sites for hydroxylation is 1. The van der Waals surface area contributed by atoms with E-state index >= 15 is 0 Å². The van der Waals surface area contributed by atoms with Crippen LogP contribution in [0.2, 0.25) is 0 Å². The zero-order valence-electron chi connectivity index (χ0n) is 15.2. The summed E-state index contributed by atoms with van der Waals surface area (Å²) in [7, 11) is 3.24. The standard InChI is InChI=1S/C19H24N4O3/c1-25-16-6-3-15(4-7-16)5-8-17(24)22-11-13-23(14-12-22)18-19(26-2)21-10-9-20-18/h3-4,6-7,9-10H,5,8,11-14H2,1-2H3. The summed E-state index contributed by atoms with van der Waals surface area (Å²) in [6, 6.07) is 7.86. The van der Waals surface area contributed by atoms with E-state index in [1.165, 1.54) is 0 Å². The molecule has 1 aromatic carbocycles. The van der Waals surface area contributed by atoms with Crippen LogP contribution < -0.4 is 14.4 Å². The zero-order chi connectivity index (χ0) is 18.4. The number of carbonyl (C=O) groups is 1. The number of anilines is 1. The van der Waals surface area contributed by atoms with Crippen LogP contribution in [-0.2, 0) is 11.2 Å². The normalized spacial score (nSPS) is 14.2. The van der Waals surface area contributed by atoms with Crippen molar-refractivity contribution in [1.29, 1.82) is 0 Å². The Kier molecular flexibility index (Phi) is 5.88. The molecular formula is C19H24N4O3. The maximum Gasteiger partial charge on any atom is 0.257 e. The molecule has 0 bridgehead atoms. The van der Waals surface area contributed by atoms with Gasteiger partial charge >= 0.3 is 0 Å². The minimum absolute atomic E-state index is 0.187. The molecule has 1 saturated heterocycles. The summed E-state index contributed by atoms with van der Waals surface area (Å²) in [5, 5.41) is 0. The third-order valence-corrected chi connectivity index (χ3v) is 4.56. The van der Waals surface area contributed by atoms with Crippen molar-refractivity contribution in [3.05, 3.63) is 42.2 Å². The first-order chi connectivity index (χ1) is 12.7. The first-order valence-corrected chi connectivity index (χ1v) is 8.72. The molecule has 1 aliphatic heterocycles. The van der Waals surface area contributed by atoms with Gasteiger partial charge in [-0.2, -0.15) is 0 Å². The largest absolute Gasteiger partial charge is 0.497 e. The predicted molar refractivity (Wildman–Crippen MR) is 98.7 cm³/mol. The lowest BCUT2D eigenvalue weighted by Gasteiger charge is -2.35. The summed E-state index contributed by atoms with van der Waals surface area (Å²) in [5.74, 6) is 2.27. The van der Waals surface area contributed by atoms with Gasteiger partial charge in [-0.15, -0.1) is 0 Å². The number of hydrogen-bond donors (Lipinski definition) is 0. The van der Waals surface area contributed by atoms with Crippen molar-refractivity contribution in [2.45, 2.75) is 12.8 Å². The van der Waals surface area contributed by atoms with Crippen molar-refractivity contribution >= 4 is 11.7 Å². The van der Waals surface area contributed by atoms with Crippen LogP contribution >= 0.6 is 0 Å². The molecule has 0 spiro atoms. The lowest BCUT2D eigenvalue weighted by Crippen LogP contribution is -2.49. The highest BCUT2D eigenvalue weighted by molar-refractivity contribution is 5.76. The smallest absolute Gasteiger partial charge is 0.257 e. The minimum Gasteiger partial charge on any atom is -0.497 e. The number of methoxy groups -OCH3 is 2. The van der Waals surface area contributed by atoms with Crippen molar-refractivity contribution in [2.24, 2.45) is 0 Å². The Balaban J connectivity index is 1.50. The van der Waals surface area contributed by atoms with Gasteiger partial charge in [0.05, 0.1) is 14.2 Å². The van der Waals surface area contributed by atoms with Crippen LogP contribution in [0.5, 0.6) is 11.6 Å². The average Bonchev–Trinajstić information content (AvgIpc) is 2.72. The monoisotopic (exact) mass is 356 g/mol. The van der Waals surface area contributed by atoms with Gasteiger partial charge in [-0.1, -0.05) is 12.1 Å². The van der Waals surface area contributed by atoms with Crippen molar-refractivity contribution in [2.75, 3.05) is 45.3 Å². The Morgan fingerprint density at radius 1 is 1.00 bits per heavy atom. The Bertz CT molecular complexity index is 728. The van der Waals surface area contributed by atoms with E-state index in [0.717, 1.165) is 36.6 Å². The first-order valence-electron chi connectivity index (χ1n) is 8.72. The Morgan fingerprint density at radius 2 is 1.69 bits per heavy atom. The summed E-state index contributed by atoms with van der Waals surface area (Å²) in [6.45, 7) is 2.81. The third-order valence-electron chi connectivity index (χ3n) is 4.56. The van der Waals surface area contributed by atoms with Crippen LogP contribution in [0.1, 0.15) is 12.0 Å². The second kappa shape index (κ2) is 8.51. The molecule has 1 amide bonds. The molecule has 26 heavy (non-hydrogen) atoms. The summed E-state index contributed by atoms with van der Waals surface area (Å²) in [5.41, 5.74) is 1.14. The highest BCUT2D eigenvalue weighted by Crippen LogP contribution is 2.23. The number of rotatable bonds is 6. The molecule has 0 N–H and O–H groups in total. The van der Waals surface area contributed by atoms with Crippen LogP contribution in [0.25, 0.3) is 0 Å². The van der Waals surface area contributed by atoms with Gasteiger partial charge in [0.1, 0.15) is 5.75 Å². The van der Waals surface area contributed by atoms with E-state index in [4.69, 9.17) is 9.47 Å². The molecule has 2 aromatic rings. The lowest BCUT2D eigenvalue weighted by atomic mass is 10.1. The summed E-state index contributed by atoms with van der Waals surface area (Å²) in [6.07, 6.45) is 4.52. The molecule has 2 heterocycles. The van der Waals surface area contributed by atoms with Gasteiger partial charge < -0.3 is 19.3 Å². The van der Waals surface area contributed by atoms with E-state index in [2.05, 4.69) is 14.9 Å². The molecule has 3 rings (SSSR count). The van der Waals surface area contributed by atoms with E-state index in [1.54, 1.807) is 26.6 Å². The van der Waals surface area contributed by atoms with E-state index in [1.807, 2.05) is 29.2 Å². The molecule has 7 nitrogen and oxygen atoms in total. The Labute approximate surface area is 153 Å². The number of carbonyl (C=O) groups excluding carboxylic acids is 1. The number of nitrogens with zero attached hydrogens (tertiary/aromatic N) is 4. The second-order valence-corrected chi connectivity index (χ2v) is 6.11. The van der Waals surface area contributed by atoms with Gasteiger partial charge in [0.2, 0.25) is 5.91 Å². The SMILES string of the molecule is COc1ccc(CCC(=O)N2CCN(c3nccnc3OC)CC2)cc1. The van der Waals surface area contributed by atoms with Crippen LogP contribution in [0.4, 0.5) is 5.82 Å². The minimum atomic E-state index is 0.187. The van der Waals surface area contributed by atoms with E-state index < -0.39 is 0 Å². The van der Waals surface area contributed by atoms with Crippen molar-refractivity contribution in [1.82, 2.24) is 14.9 Å². The number of hydrogen-bond acceptors (Lipinski definition) is 6. The fourth-order valence-electron chi connectivity index (χ4n) is 3.05. The summed E-state index contributed by atoms with van der Waals surface area (Å²) < 4.78 is 10.4. The molecule has 7 heteroatoms. The third kappa shape index (κ3) is 4.22. The number of piperazine rings is 1. The molecule has 0 atom stereocenters. The fourth-order valence-corrected chi connectivity index (χ4v) is 3.05. The summed E-state index contributed by atoms with van der Waals surface area (Å²) >= 11 is 0. The molecule has 0 unspecified atom stereocenters. The molecule has 1 fully saturated rings. The molecule has 0 radical (unpaired) electrons. The Morgan fingerprint density at radius 3 is 2.35 bits per heavy atom. The number of ether oxygens (including phenoxy) is 2. The second-order valence-electron chi connectivity index (χ2n) is 6.11. The highest BCUT2D eigenvalue weighted by atomic mass is 16.5. The van der Waals surface area contributed by atoms with E-state index in [9.17, 15) is 4.79 Å². The molecule has 0 aliphatic carbocycles. The topological polar surface area (TPSA) is 67.8 Å². The van der Waals surface area contributed by atoms with Gasteiger partial charge in [0.15, 0.2) is 5.82 Å². The van der Waals surface area contributed by atoms with Crippen LogP contribution in [0.15, 0.2) is 36.7 Å². The van der Waals surface area contributed by atoms with Crippen LogP contribution in [0, 0.1) is 0 Å². The quantitative estimate of drug-likeness (QED) is 0.786. The lowest BCUT2D eigenvalue weighted by molar-refractivity contribution is -0.131. The van der Waals surface area contributed by atoms with Gasteiger partial charge in [-0.3, -0.25) is 4.79 Å². The first kappa shape index (κ1) is 18.0. The maximum absolute atomic E-state index is 12.5. The van der Waals surface area contributed by atoms with Crippen molar-refractivity contribution in [3.63, 3.8) is 0 Å². The highest BCUT2D eigenvalue weighted by Gasteiger charge is 2.23. The molecule has 1 aliphatic rings. The fraction of sp³-hybridized carbons (Fsp3) is 0.421. The van der Waals surface area contributed by atoms with Gasteiger partial charge in [-0.05, 0) is 24.1 Å². The van der Waals surface area contributed by atoms with E-state index in [-0.39, 0.29) is 5.91 Å².